The van der Waals surface area contributed by atoms with E-state index in [2.05, 4.69) is 34.4 Å². The van der Waals surface area contributed by atoms with E-state index in [1.807, 2.05) is 7.05 Å². The molecule has 0 unspecified atom stereocenters. The van der Waals surface area contributed by atoms with Gasteiger partial charge in [-0.25, -0.2) is 0 Å². The molecule has 6 heteroatoms. The second-order valence-corrected chi connectivity index (χ2v) is 5.73. The van der Waals surface area contributed by atoms with Crippen LogP contribution in [0.5, 0.6) is 0 Å². The van der Waals surface area contributed by atoms with Crippen molar-refractivity contribution in [3.63, 3.8) is 0 Å². The number of rotatable bonds is 12. The minimum Gasteiger partial charge on any atom is -0.381 e. The molecule has 0 aliphatic heterocycles. The van der Waals surface area contributed by atoms with Gasteiger partial charge in [0.05, 0.1) is 0 Å². The Balaban J connectivity index is 0.00000441. The van der Waals surface area contributed by atoms with Gasteiger partial charge in [-0.05, 0) is 44.7 Å². The van der Waals surface area contributed by atoms with Crippen molar-refractivity contribution in [2.45, 2.75) is 39.5 Å². The molecule has 0 atom stereocenters. The molecule has 0 radical (unpaired) electrons. The van der Waals surface area contributed by atoms with Crippen LogP contribution in [0.4, 0.5) is 0 Å². The number of halogens is 1. The van der Waals surface area contributed by atoms with Crippen molar-refractivity contribution < 1.29 is 4.74 Å². The molecule has 0 amide bonds. The molecule has 132 valence electrons. The lowest BCUT2D eigenvalue weighted by molar-refractivity contribution is 0.123. The monoisotopic (exact) mass is 426 g/mol. The normalized spacial score (nSPS) is 14.8. The van der Waals surface area contributed by atoms with E-state index < -0.39 is 0 Å². The zero-order chi connectivity index (χ0) is 15.3. The van der Waals surface area contributed by atoms with Crippen molar-refractivity contribution in [2.75, 3.05) is 53.0 Å². The molecule has 0 heterocycles. The lowest BCUT2D eigenvalue weighted by atomic mass is 10.4. The first kappa shape index (κ1) is 21.9. The Kier molecular flexibility index (Phi) is 14.5. The Morgan fingerprint density at radius 1 is 1.18 bits per heavy atom. The molecule has 1 rings (SSSR count). The highest BCUT2D eigenvalue weighted by Gasteiger charge is 2.20. The molecule has 1 saturated carbocycles. The van der Waals surface area contributed by atoms with Crippen molar-refractivity contribution >= 4 is 29.9 Å². The van der Waals surface area contributed by atoms with Gasteiger partial charge in [0.15, 0.2) is 5.96 Å². The predicted octanol–water partition coefficient (Wildman–Crippen LogP) is 2.32. The first-order valence-corrected chi connectivity index (χ1v) is 8.54. The lowest BCUT2D eigenvalue weighted by Gasteiger charge is -2.20. The zero-order valence-electron chi connectivity index (χ0n) is 14.6. The molecule has 2 N–H and O–H groups in total. The van der Waals surface area contributed by atoms with Gasteiger partial charge >= 0.3 is 0 Å². The summed E-state index contributed by atoms with van der Waals surface area (Å²) >= 11 is 0. The third-order valence-corrected chi connectivity index (χ3v) is 3.74. The second-order valence-electron chi connectivity index (χ2n) is 5.73. The van der Waals surface area contributed by atoms with Crippen LogP contribution < -0.4 is 10.6 Å². The van der Waals surface area contributed by atoms with Crippen molar-refractivity contribution in [1.29, 1.82) is 0 Å². The zero-order valence-corrected chi connectivity index (χ0v) is 16.9. The van der Waals surface area contributed by atoms with Gasteiger partial charge in [0.25, 0.3) is 0 Å². The summed E-state index contributed by atoms with van der Waals surface area (Å²) < 4.78 is 5.62. The maximum Gasteiger partial charge on any atom is 0.191 e. The molecule has 0 spiro atoms. The number of aliphatic imine (C=N–C) groups is 1. The van der Waals surface area contributed by atoms with Crippen molar-refractivity contribution in [1.82, 2.24) is 15.5 Å². The number of hydrogen-bond acceptors (Lipinski definition) is 3. The van der Waals surface area contributed by atoms with Gasteiger partial charge in [0, 0.05) is 39.9 Å². The molecule has 1 fully saturated rings. The molecule has 22 heavy (non-hydrogen) atoms. The van der Waals surface area contributed by atoms with Crippen LogP contribution in [0.25, 0.3) is 0 Å². The minimum absolute atomic E-state index is 0. The second kappa shape index (κ2) is 14.5. The summed E-state index contributed by atoms with van der Waals surface area (Å²) in [7, 11) is 1.82. The Bertz CT molecular complexity index is 285. The molecule has 0 aromatic rings. The van der Waals surface area contributed by atoms with Crippen LogP contribution in [0.1, 0.15) is 39.5 Å². The van der Waals surface area contributed by atoms with E-state index in [-0.39, 0.29) is 24.0 Å². The van der Waals surface area contributed by atoms with Gasteiger partial charge < -0.3 is 20.3 Å². The summed E-state index contributed by atoms with van der Waals surface area (Å²) in [4.78, 5) is 6.70. The number of hydrogen-bond donors (Lipinski definition) is 2. The first-order valence-electron chi connectivity index (χ1n) is 8.54. The Labute approximate surface area is 153 Å². The van der Waals surface area contributed by atoms with Gasteiger partial charge in [-0.2, -0.15) is 0 Å². The number of ether oxygens (including phenoxy) is 1. The molecule has 0 saturated heterocycles. The Morgan fingerprint density at radius 2 is 1.91 bits per heavy atom. The molecule has 0 bridgehead atoms. The standard InChI is InChI=1S/C16H34N4O.HI/c1-4-11-20(5-2)12-10-19-16(17-3)18-9-6-13-21-14-15-7-8-15;/h15H,4-14H2,1-3H3,(H2,17,18,19);1H. The van der Waals surface area contributed by atoms with Gasteiger partial charge in [0.2, 0.25) is 0 Å². The fourth-order valence-electron chi connectivity index (χ4n) is 2.21. The van der Waals surface area contributed by atoms with Crippen LogP contribution in [0.3, 0.4) is 0 Å². The minimum atomic E-state index is 0. The van der Waals surface area contributed by atoms with Crippen molar-refractivity contribution in [3.8, 4) is 0 Å². The average molecular weight is 426 g/mol. The van der Waals surface area contributed by atoms with E-state index in [0.29, 0.717) is 0 Å². The lowest BCUT2D eigenvalue weighted by Crippen LogP contribution is -2.42. The summed E-state index contributed by atoms with van der Waals surface area (Å²) in [6.07, 6.45) is 4.97. The van der Waals surface area contributed by atoms with Crippen molar-refractivity contribution in [2.24, 2.45) is 10.9 Å². The van der Waals surface area contributed by atoms with Crippen LogP contribution >= 0.6 is 24.0 Å². The van der Waals surface area contributed by atoms with Crippen LogP contribution in [0, 0.1) is 5.92 Å². The SMILES string of the molecule is CCCN(CC)CCNC(=NC)NCCCOCC1CC1.I. The van der Waals surface area contributed by atoms with E-state index in [4.69, 9.17) is 4.74 Å². The third-order valence-electron chi connectivity index (χ3n) is 3.74. The highest BCUT2D eigenvalue weighted by atomic mass is 127. The van der Waals surface area contributed by atoms with Crippen LogP contribution in [-0.2, 0) is 4.74 Å². The Morgan fingerprint density at radius 3 is 2.50 bits per heavy atom. The summed E-state index contributed by atoms with van der Waals surface area (Å²) in [6.45, 7) is 11.4. The van der Waals surface area contributed by atoms with E-state index in [1.54, 1.807) is 0 Å². The number of likely N-dealkylation sites (N-methyl/N-ethyl adjacent to an activating group) is 1. The molecule has 0 aromatic heterocycles. The number of nitrogens with one attached hydrogen (secondary N) is 2. The van der Waals surface area contributed by atoms with E-state index in [9.17, 15) is 0 Å². The van der Waals surface area contributed by atoms with Gasteiger partial charge in [-0.3, -0.25) is 4.99 Å². The highest BCUT2D eigenvalue weighted by molar-refractivity contribution is 14.0. The topological polar surface area (TPSA) is 48.9 Å². The van der Waals surface area contributed by atoms with Crippen LogP contribution in [-0.4, -0.2) is 63.8 Å². The van der Waals surface area contributed by atoms with E-state index >= 15 is 0 Å². The molecule has 1 aliphatic rings. The molecular weight excluding hydrogens is 391 g/mol. The summed E-state index contributed by atoms with van der Waals surface area (Å²) in [5.74, 6) is 1.75. The molecular formula is C16H35IN4O. The highest BCUT2D eigenvalue weighted by Crippen LogP contribution is 2.28. The first-order chi connectivity index (χ1) is 10.3. The smallest absolute Gasteiger partial charge is 0.191 e. The van der Waals surface area contributed by atoms with Gasteiger partial charge in [-0.15, -0.1) is 24.0 Å². The fraction of sp³-hybridized carbons (Fsp3) is 0.938. The number of guanidine groups is 1. The molecule has 1 aliphatic carbocycles. The average Bonchev–Trinajstić information content (AvgIpc) is 3.32. The van der Waals surface area contributed by atoms with Crippen LogP contribution in [0.2, 0.25) is 0 Å². The largest absolute Gasteiger partial charge is 0.381 e. The van der Waals surface area contributed by atoms with Crippen molar-refractivity contribution in [3.05, 3.63) is 0 Å². The fourth-order valence-corrected chi connectivity index (χ4v) is 2.21. The van der Waals surface area contributed by atoms with Gasteiger partial charge in [-0.1, -0.05) is 13.8 Å². The third kappa shape index (κ3) is 11.5. The maximum atomic E-state index is 5.62. The van der Waals surface area contributed by atoms with Gasteiger partial charge in [0.1, 0.15) is 0 Å². The predicted molar refractivity (Wildman–Crippen MR) is 105 cm³/mol. The summed E-state index contributed by atoms with van der Waals surface area (Å²) in [6, 6.07) is 0. The molecule has 0 aromatic carbocycles. The molecule has 5 nitrogen and oxygen atoms in total. The maximum absolute atomic E-state index is 5.62. The Hall–Kier alpha value is -0.0800. The van der Waals surface area contributed by atoms with E-state index in [1.165, 1.54) is 25.8 Å². The van der Waals surface area contributed by atoms with Crippen LogP contribution in [0.15, 0.2) is 4.99 Å². The summed E-state index contributed by atoms with van der Waals surface area (Å²) in [5.41, 5.74) is 0. The quantitative estimate of drug-likeness (QED) is 0.218. The number of nitrogens with zero attached hydrogens (tertiary/aromatic N) is 2. The van der Waals surface area contributed by atoms with E-state index in [0.717, 1.165) is 57.7 Å². The summed E-state index contributed by atoms with van der Waals surface area (Å²) in [5, 5.41) is 6.71.